The molecule has 114 valence electrons. The van der Waals surface area contributed by atoms with Crippen molar-refractivity contribution in [2.75, 3.05) is 0 Å². The molecule has 0 spiro atoms. The van der Waals surface area contributed by atoms with Gasteiger partial charge in [-0.15, -0.1) is 0 Å². The third kappa shape index (κ3) is 5.10. The van der Waals surface area contributed by atoms with Crippen molar-refractivity contribution in [3.05, 3.63) is 12.3 Å². The first-order valence-electron chi connectivity index (χ1n) is 5.23. The Hall–Kier alpha value is -1.74. The molecule has 1 saturated carbocycles. The van der Waals surface area contributed by atoms with Gasteiger partial charge in [-0.25, -0.2) is 4.79 Å². The van der Waals surface area contributed by atoms with Crippen LogP contribution in [0.3, 0.4) is 0 Å². The molecule has 0 aromatic heterocycles. The second-order valence-corrected chi connectivity index (χ2v) is 3.91. The Bertz CT molecular complexity index is 393. The van der Waals surface area contributed by atoms with Crippen LogP contribution in [0.4, 0.5) is 26.3 Å². The van der Waals surface area contributed by atoms with Crippen molar-refractivity contribution < 1.29 is 45.4 Å². The van der Waals surface area contributed by atoms with Crippen LogP contribution in [-0.2, 0) is 19.1 Å². The Labute approximate surface area is 108 Å². The maximum absolute atomic E-state index is 12.0. The molecule has 1 fully saturated rings. The van der Waals surface area contributed by atoms with Crippen molar-refractivity contribution in [1.29, 1.82) is 0 Å². The number of halogens is 6. The summed E-state index contributed by atoms with van der Waals surface area (Å²) in [5.41, 5.74) is 0. The van der Waals surface area contributed by atoms with Crippen LogP contribution < -0.4 is 0 Å². The molecule has 4 nitrogen and oxygen atoms in total. The van der Waals surface area contributed by atoms with E-state index < -0.39 is 30.4 Å². The molecule has 1 aliphatic rings. The van der Waals surface area contributed by atoms with Gasteiger partial charge in [-0.2, -0.15) is 26.3 Å². The Kier molecular flexibility index (Phi) is 4.66. The van der Waals surface area contributed by atoms with Gasteiger partial charge in [0.2, 0.25) is 0 Å². The van der Waals surface area contributed by atoms with Crippen molar-refractivity contribution in [2.24, 2.45) is 5.92 Å². The summed E-state index contributed by atoms with van der Waals surface area (Å²) in [6.07, 6.45) is -14.1. The van der Waals surface area contributed by atoms with E-state index >= 15 is 0 Å². The molecule has 0 bridgehead atoms. The highest BCUT2D eigenvalue weighted by molar-refractivity contribution is 5.82. The summed E-state index contributed by atoms with van der Waals surface area (Å²) in [6.45, 7) is 0. The molecule has 0 aliphatic heterocycles. The molecule has 0 atom stereocenters. The lowest BCUT2D eigenvalue weighted by Gasteiger charge is -2.21. The van der Waals surface area contributed by atoms with Gasteiger partial charge in [-0.3, -0.25) is 4.79 Å². The van der Waals surface area contributed by atoms with Gasteiger partial charge in [-0.05, 0) is 12.8 Å². The lowest BCUT2D eigenvalue weighted by molar-refractivity contribution is -0.312. The smallest absolute Gasteiger partial charge is 0.434 e. The Morgan fingerprint density at radius 2 is 1.55 bits per heavy atom. The predicted octanol–water partition coefficient (Wildman–Crippen LogP) is 2.49. The molecule has 0 N–H and O–H groups in total. The SMILES string of the molecule is O=C(C=COC(=O)C1CC1)OC(C(F)(F)F)C(F)(F)F. The van der Waals surface area contributed by atoms with Gasteiger partial charge in [-0.1, -0.05) is 0 Å². The summed E-state index contributed by atoms with van der Waals surface area (Å²) in [7, 11) is 0. The Morgan fingerprint density at radius 3 is 1.95 bits per heavy atom. The molecule has 10 heteroatoms. The van der Waals surface area contributed by atoms with Crippen LogP contribution in [0.15, 0.2) is 12.3 Å². The maximum atomic E-state index is 12.0. The summed E-state index contributed by atoms with van der Waals surface area (Å²) in [4.78, 5) is 21.8. The van der Waals surface area contributed by atoms with Gasteiger partial charge in [0.1, 0.15) is 6.26 Å². The summed E-state index contributed by atoms with van der Waals surface area (Å²) in [5.74, 6) is -2.97. The Balaban J connectivity index is 2.53. The number of hydrogen-bond acceptors (Lipinski definition) is 4. The van der Waals surface area contributed by atoms with Gasteiger partial charge >= 0.3 is 24.3 Å². The fourth-order valence-corrected chi connectivity index (χ4v) is 1.05. The largest absolute Gasteiger partial charge is 0.440 e. The summed E-state index contributed by atoms with van der Waals surface area (Å²) >= 11 is 0. The van der Waals surface area contributed by atoms with E-state index in [1.165, 1.54) is 0 Å². The summed E-state index contributed by atoms with van der Waals surface area (Å²) in [6, 6.07) is 0. The van der Waals surface area contributed by atoms with E-state index in [-0.39, 0.29) is 12.0 Å². The van der Waals surface area contributed by atoms with Gasteiger partial charge < -0.3 is 9.47 Å². The standard InChI is InChI=1S/C10H8F6O4/c11-9(12,13)8(10(14,15)16)20-6(17)3-4-19-7(18)5-1-2-5/h3-5,8H,1-2H2. The highest BCUT2D eigenvalue weighted by atomic mass is 19.4. The Morgan fingerprint density at radius 1 is 1.05 bits per heavy atom. The fraction of sp³-hybridized carbons (Fsp3) is 0.600. The first-order valence-corrected chi connectivity index (χ1v) is 5.23. The summed E-state index contributed by atoms with van der Waals surface area (Å²) < 4.78 is 79.8. The number of esters is 2. The van der Waals surface area contributed by atoms with E-state index in [0.717, 1.165) is 0 Å². The minimum atomic E-state index is -5.79. The van der Waals surface area contributed by atoms with Crippen LogP contribution >= 0.6 is 0 Å². The first kappa shape index (κ1) is 16.3. The minimum absolute atomic E-state index is 0.171. The average molecular weight is 306 g/mol. The van der Waals surface area contributed by atoms with Crippen LogP contribution in [0, 0.1) is 5.92 Å². The van der Waals surface area contributed by atoms with E-state index in [1.54, 1.807) is 0 Å². The number of alkyl halides is 6. The van der Waals surface area contributed by atoms with E-state index in [0.29, 0.717) is 19.1 Å². The zero-order valence-electron chi connectivity index (χ0n) is 9.62. The number of carbonyl (C=O) groups is 2. The number of rotatable bonds is 4. The van der Waals surface area contributed by atoms with Crippen LogP contribution in [0.5, 0.6) is 0 Å². The molecule has 1 rings (SSSR count). The average Bonchev–Trinajstić information content (AvgIpc) is 3.06. The second kappa shape index (κ2) is 5.71. The first-order chi connectivity index (χ1) is 9.01. The van der Waals surface area contributed by atoms with E-state index in [2.05, 4.69) is 9.47 Å². The zero-order chi connectivity index (χ0) is 15.6. The van der Waals surface area contributed by atoms with E-state index in [1.807, 2.05) is 0 Å². The molecule has 0 saturated heterocycles. The van der Waals surface area contributed by atoms with Crippen LogP contribution in [0.1, 0.15) is 12.8 Å². The van der Waals surface area contributed by atoms with E-state index in [9.17, 15) is 35.9 Å². The molecule has 0 unspecified atom stereocenters. The molecule has 0 heterocycles. The number of hydrogen-bond donors (Lipinski definition) is 0. The zero-order valence-corrected chi connectivity index (χ0v) is 9.62. The van der Waals surface area contributed by atoms with Crippen molar-refractivity contribution in [3.8, 4) is 0 Å². The monoisotopic (exact) mass is 306 g/mol. The van der Waals surface area contributed by atoms with Gasteiger partial charge in [0, 0.05) is 0 Å². The quantitative estimate of drug-likeness (QED) is 0.346. The highest BCUT2D eigenvalue weighted by Gasteiger charge is 2.59. The van der Waals surface area contributed by atoms with Gasteiger partial charge in [0.25, 0.3) is 6.10 Å². The molecule has 0 aromatic carbocycles. The molecule has 20 heavy (non-hydrogen) atoms. The second-order valence-electron chi connectivity index (χ2n) is 3.91. The van der Waals surface area contributed by atoms with Crippen LogP contribution in [-0.4, -0.2) is 30.4 Å². The number of carbonyl (C=O) groups excluding carboxylic acids is 2. The normalized spacial score (nSPS) is 16.6. The predicted molar refractivity (Wildman–Crippen MR) is 49.9 cm³/mol. The molecule has 1 aliphatic carbocycles. The van der Waals surface area contributed by atoms with Gasteiger partial charge in [0.15, 0.2) is 0 Å². The van der Waals surface area contributed by atoms with E-state index in [4.69, 9.17) is 0 Å². The van der Waals surface area contributed by atoms with Crippen LogP contribution in [0.25, 0.3) is 0 Å². The topological polar surface area (TPSA) is 52.6 Å². The third-order valence-corrected chi connectivity index (χ3v) is 2.13. The summed E-state index contributed by atoms with van der Waals surface area (Å²) in [5, 5.41) is 0. The third-order valence-electron chi connectivity index (χ3n) is 2.13. The molecular formula is C10H8F6O4. The molecule has 0 radical (unpaired) electrons. The van der Waals surface area contributed by atoms with Crippen molar-refractivity contribution >= 4 is 11.9 Å². The fourth-order valence-electron chi connectivity index (χ4n) is 1.05. The molecule has 0 amide bonds. The van der Waals surface area contributed by atoms with Crippen molar-refractivity contribution in [2.45, 2.75) is 31.3 Å². The lowest BCUT2D eigenvalue weighted by atomic mass is 10.3. The number of ether oxygens (including phenoxy) is 2. The molecular weight excluding hydrogens is 298 g/mol. The van der Waals surface area contributed by atoms with Crippen molar-refractivity contribution in [3.63, 3.8) is 0 Å². The lowest BCUT2D eigenvalue weighted by Crippen LogP contribution is -2.45. The maximum Gasteiger partial charge on any atom is 0.434 e. The molecule has 0 aromatic rings. The van der Waals surface area contributed by atoms with Gasteiger partial charge in [0.05, 0.1) is 12.0 Å². The highest BCUT2D eigenvalue weighted by Crippen LogP contribution is 2.35. The van der Waals surface area contributed by atoms with Crippen molar-refractivity contribution in [1.82, 2.24) is 0 Å². The van der Waals surface area contributed by atoms with Crippen LogP contribution in [0.2, 0.25) is 0 Å². The minimum Gasteiger partial charge on any atom is -0.440 e.